The van der Waals surface area contributed by atoms with Crippen LogP contribution in [0.25, 0.3) is 0 Å². The quantitative estimate of drug-likeness (QED) is 0.662. The lowest BCUT2D eigenvalue weighted by Gasteiger charge is -2.08. The van der Waals surface area contributed by atoms with Gasteiger partial charge in [0.05, 0.1) is 0 Å². The molecule has 0 spiro atoms. The molecule has 0 amide bonds. The highest BCUT2D eigenvalue weighted by Gasteiger charge is 1.99. The molecule has 1 radical (unpaired) electrons. The Morgan fingerprint density at radius 1 is 1.33 bits per heavy atom. The second-order valence-corrected chi connectivity index (χ2v) is 2.95. The van der Waals surface area contributed by atoms with Crippen LogP contribution in [-0.2, 0) is 0 Å². The SMILES string of the molecule is CCC(C)[CH]Oc1ccccc1. The van der Waals surface area contributed by atoms with E-state index in [1.807, 2.05) is 36.9 Å². The van der Waals surface area contributed by atoms with E-state index in [4.69, 9.17) is 4.74 Å². The number of hydrogen-bond acceptors (Lipinski definition) is 1. The molecule has 0 aliphatic carbocycles. The predicted octanol–water partition coefficient (Wildman–Crippen LogP) is 3.27. The lowest BCUT2D eigenvalue weighted by atomic mass is 10.1. The monoisotopic (exact) mass is 163 g/mol. The standard InChI is InChI=1S/C11H15O/c1-3-10(2)9-12-11-7-5-4-6-8-11/h4-10H,3H2,1-2H3. The first-order valence-electron chi connectivity index (χ1n) is 4.38. The molecule has 0 saturated heterocycles. The highest BCUT2D eigenvalue weighted by atomic mass is 16.5. The van der Waals surface area contributed by atoms with Gasteiger partial charge in [0.15, 0.2) is 0 Å². The van der Waals surface area contributed by atoms with Crippen LogP contribution in [0.5, 0.6) is 5.75 Å². The van der Waals surface area contributed by atoms with Gasteiger partial charge in [-0.3, -0.25) is 0 Å². The van der Waals surface area contributed by atoms with E-state index in [0.717, 1.165) is 12.2 Å². The summed E-state index contributed by atoms with van der Waals surface area (Å²) in [4.78, 5) is 0. The third kappa shape index (κ3) is 2.95. The summed E-state index contributed by atoms with van der Waals surface area (Å²) in [6.07, 6.45) is 1.12. The Hall–Kier alpha value is -0.980. The molecule has 0 N–H and O–H groups in total. The summed E-state index contributed by atoms with van der Waals surface area (Å²) in [5, 5.41) is 0. The molecule has 1 heteroatoms. The largest absolute Gasteiger partial charge is 0.486 e. The van der Waals surface area contributed by atoms with Crippen molar-refractivity contribution in [2.24, 2.45) is 5.92 Å². The van der Waals surface area contributed by atoms with E-state index >= 15 is 0 Å². The fourth-order valence-corrected chi connectivity index (χ4v) is 0.790. The molecule has 0 saturated carbocycles. The van der Waals surface area contributed by atoms with Gasteiger partial charge in [0.25, 0.3) is 0 Å². The van der Waals surface area contributed by atoms with Crippen molar-refractivity contribution < 1.29 is 4.74 Å². The van der Waals surface area contributed by atoms with Gasteiger partial charge in [-0.2, -0.15) is 0 Å². The molecular formula is C11H15O. The third-order valence-electron chi connectivity index (χ3n) is 1.82. The minimum atomic E-state index is 0.519. The first kappa shape index (κ1) is 9.11. The molecular weight excluding hydrogens is 148 g/mol. The summed E-state index contributed by atoms with van der Waals surface area (Å²) in [5.41, 5.74) is 0. The average molecular weight is 163 g/mol. The second kappa shape index (κ2) is 4.81. The van der Waals surface area contributed by atoms with Crippen molar-refractivity contribution in [1.29, 1.82) is 0 Å². The fourth-order valence-electron chi connectivity index (χ4n) is 0.790. The van der Waals surface area contributed by atoms with Crippen molar-refractivity contribution in [2.75, 3.05) is 0 Å². The van der Waals surface area contributed by atoms with E-state index in [1.54, 1.807) is 0 Å². The normalized spacial score (nSPS) is 12.5. The van der Waals surface area contributed by atoms with Crippen LogP contribution in [0.2, 0.25) is 0 Å². The van der Waals surface area contributed by atoms with E-state index < -0.39 is 0 Å². The summed E-state index contributed by atoms with van der Waals surface area (Å²) < 4.78 is 5.43. The lowest BCUT2D eigenvalue weighted by molar-refractivity contribution is 0.339. The molecule has 12 heavy (non-hydrogen) atoms. The maximum atomic E-state index is 5.43. The first-order chi connectivity index (χ1) is 5.83. The van der Waals surface area contributed by atoms with Crippen molar-refractivity contribution in [3.63, 3.8) is 0 Å². The zero-order valence-electron chi connectivity index (χ0n) is 7.66. The molecule has 1 aromatic rings. The van der Waals surface area contributed by atoms with E-state index in [-0.39, 0.29) is 0 Å². The number of ether oxygens (including phenoxy) is 1. The Morgan fingerprint density at radius 3 is 2.58 bits per heavy atom. The molecule has 0 aliphatic heterocycles. The van der Waals surface area contributed by atoms with E-state index in [9.17, 15) is 0 Å². The van der Waals surface area contributed by atoms with Gasteiger partial charge in [0.1, 0.15) is 12.4 Å². The van der Waals surface area contributed by atoms with Gasteiger partial charge in [-0.1, -0.05) is 32.0 Å². The summed E-state index contributed by atoms with van der Waals surface area (Å²) >= 11 is 0. The molecule has 65 valence electrons. The van der Waals surface area contributed by atoms with E-state index in [2.05, 4.69) is 13.8 Å². The van der Waals surface area contributed by atoms with Crippen LogP contribution in [0.4, 0.5) is 0 Å². The maximum Gasteiger partial charge on any atom is 0.138 e. The highest BCUT2D eigenvalue weighted by molar-refractivity contribution is 5.21. The van der Waals surface area contributed by atoms with Crippen molar-refractivity contribution in [1.82, 2.24) is 0 Å². The minimum Gasteiger partial charge on any atom is -0.486 e. The van der Waals surface area contributed by atoms with Gasteiger partial charge >= 0.3 is 0 Å². The third-order valence-corrected chi connectivity index (χ3v) is 1.82. The zero-order valence-corrected chi connectivity index (χ0v) is 7.66. The van der Waals surface area contributed by atoms with Gasteiger partial charge in [-0.05, 0) is 24.5 Å². The number of rotatable bonds is 4. The summed E-state index contributed by atoms with van der Waals surface area (Å²) in [5.74, 6) is 1.43. The van der Waals surface area contributed by atoms with Crippen LogP contribution in [0.1, 0.15) is 20.3 Å². The van der Waals surface area contributed by atoms with Crippen LogP contribution >= 0.6 is 0 Å². The summed E-state index contributed by atoms with van der Waals surface area (Å²) in [6, 6.07) is 9.84. The Balaban J connectivity index is 2.33. The molecule has 0 aromatic heterocycles. The van der Waals surface area contributed by atoms with Gasteiger partial charge in [-0.15, -0.1) is 0 Å². The lowest BCUT2D eigenvalue weighted by Crippen LogP contribution is -1.99. The van der Waals surface area contributed by atoms with Crippen LogP contribution in [0.15, 0.2) is 30.3 Å². The molecule has 1 nitrogen and oxygen atoms in total. The van der Waals surface area contributed by atoms with Crippen LogP contribution in [0.3, 0.4) is 0 Å². The Bertz CT molecular complexity index is 206. The zero-order chi connectivity index (χ0) is 8.81. The molecule has 0 aliphatic rings. The van der Waals surface area contributed by atoms with Gasteiger partial charge in [-0.25, -0.2) is 0 Å². The minimum absolute atomic E-state index is 0.519. The molecule has 0 heterocycles. The molecule has 0 bridgehead atoms. The Labute approximate surface area is 74.4 Å². The van der Waals surface area contributed by atoms with Crippen LogP contribution in [-0.4, -0.2) is 0 Å². The van der Waals surface area contributed by atoms with E-state index in [0.29, 0.717) is 5.92 Å². The predicted molar refractivity (Wildman–Crippen MR) is 50.8 cm³/mol. The molecule has 1 unspecified atom stereocenters. The number of hydrogen-bond donors (Lipinski definition) is 0. The molecule has 1 rings (SSSR count). The van der Waals surface area contributed by atoms with Crippen molar-refractivity contribution in [2.45, 2.75) is 20.3 Å². The van der Waals surface area contributed by atoms with Crippen molar-refractivity contribution in [3.8, 4) is 5.75 Å². The van der Waals surface area contributed by atoms with Gasteiger partial charge < -0.3 is 4.74 Å². The Morgan fingerprint density at radius 2 is 2.00 bits per heavy atom. The van der Waals surface area contributed by atoms with Crippen LogP contribution in [0, 0.1) is 12.5 Å². The first-order valence-corrected chi connectivity index (χ1v) is 4.38. The van der Waals surface area contributed by atoms with Crippen LogP contribution < -0.4 is 4.74 Å². The summed E-state index contributed by atoms with van der Waals surface area (Å²) in [7, 11) is 0. The average Bonchev–Trinajstić information content (AvgIpc) is 2.16. The highest BCUT2D eigenvalue weighted by Crippen LogP contribution is 2.13. The molecule has 1 atom stereocenters. The Kier molecular flexibility index (Phi) is 3.65. The summed E-state index contributed by atoms with van der Waals surface area (Å²) in [6.45, 7) is 6.17. The maximum absolute atomic E-state index is 5.43. The molecule has 1 aromatic carbocycles. The topological polar surface area (TPSA) is 9.23 Å². The fraction of sp³-hybridized carbons (Fsp3) is 0.364. The van der Waals surface area contributed by atoms with Gasteiger partial charge in [0.2, 0.25) is 0 Å². The van der Waals surface area contributed by atoms with Crippen molar-refractivity contribution in [3.05, 3.63) is 36.9 Å². The second-order valence-electron chi connectivity index (χ2n) is 2.95. The smallest absolute Gasteiger partial charge is 0.138 e. The number of benzene rings is 1. The van der Waals surface area contributed by atoms with E-state index in [1.165, 1.54) is 0 Å². The molecule has 0 fully saturated rings. The van der Waals surface area contributed by atoms with Crippen molar-refractivity contribution >= 4 is 0 Å². The van der Waals surface area contributed by atoms with Gasteiger partial charge in [0, 0.05) is 0 Å². The number of para-hydroxylation sites is 1.